The molecule has 1 aromatic heterocycles. The van der Waals surface area contributed by atoms with Crippen LogP contribution in [-0.2, 0) is 23.0 Å². The third-order valence-electron chi connectivity index (χ3n) is 11.6. The van der Waals surface area contributed by atoms with Crippen LogP contribution in [0.4, 0.5) is 0 Å². The van der Waals surface area contributed by atoms with E-state index in [0.29, 0.717) is 32.1 Å². The molecular weight excluding hydrogens is 639 g/mol. The van der Waals surface area contributed by atoms with Crippen molar-refractivity contribution >= 4 is 27.1 Å². The van der Waals surface area contributed by atoms with Crippen molar-refractivity contribution in [2.45, 2.75) is 119 Å². The van der Waals surface area contributed by atoms with Crippen LogP contribution in [0.3, 0.4) is 0 Å². The van der Waals surface area contributed by atoms with Gasteiger partial charge in [0.15, 0.2) is 5.78 Å². The van der Waals surface area contributed by atoms with E-state index in [9.17, 15) is 23.4 Å². The average Bonchev–Trinajstić information content (AvgIpc) is 3.72. The van der Waals surface area contributed by atoms with Crippen LogP contribution in [0.5, 0.6) is 0 Å². The van der Waals surface area contributed by atoms with Gasteiger partial charge in [0.1, 0.15) is 4.21 Å². The van der Waals surface area contributed by atoms with Crippen molar-refractivity contribution in [3.05, 3.63) is 99.9 Å². The number of allylic oxidation sites excluding steroid dienone is 2. The first-order valence-electron chi connectivity index (χ1n) is 17.8. The first-order valence-corrected chi connectivity index (χ1v) is 20.1. The molecule has 6 nitrogen and oxygen atoms in total. The Kier molecular flexibility index (Phi) is 10.8. The lowest BCUT2D eigenvalue weighted by Gasteiger charge is -2.46. The van der Waals surface area contributed by atoms with Crippen LogP contribution in [0.2, 0.25) is 0 Å². The molecule has 0 radical (unpaired) electrons. The summed E-state index contributed by atoms with van der Waals surface area (Å²) >= 11 is 1.20. The van der Waals surface area contributed by atoms with Crippen molar-refractivity contribution in [3.63, 3.8) is 0 Å². The third kappa shape index (κ3) is 7.29. The fraction of sp³-hybridized carbons (Fsp3) is 0.525. The molecule has 4 atom stereocenters. The van der Waals surface area contributed by atoms with Crippen molar-refractivity contribution in [2.75, 3.05) is 6.54 Å². The Morgan fingerprint density at radius 2 is 1.75 bits per heavy atom. The van der Waals surface area contributed by atoms with E-state index < -0.39 is 27.1 Å². The summed E-state index contributed by atoms with van der Waals surface area (Å²) in [6, 6.07) is 19.2. The second kappa shape index (κ2) is 14.7. The fourth-order valence-electron chi connectivity index (χ4n) is 8.64. The smallest absolute Gasteiger partial charge is 0.252 e. The molecular formula is C40H51NO5S2. The predicted octanol–water partition coefficient (Wildman–Crippen LogP) is 8.44. The molecule has 7 rings (SSSR count). The maximum atomic E-state index is 14.3. The maximum Gasteiger partial charge on any atom is 0.252 e. The van der Waals surface area contributed by atoms with Crippen molar-refractivity contribution in [1.29, 1.82) is 0 Å². The average molecular weight is 690 g/mol. The van der Waals surface area contributed by atoms with Gasteiger partial charge in [0, 0.05) is 30.0 Å². The Hall–Kier alpha value is -2.62. The Labute approximate surface area is 291 Å². The van der Waals surface area contributed by atoms with E-state index in [1.54, 1.807) is 17.5 Å². The lowest BCUT2D eigenvalue weighted by Crippen LogP contribution is -2.53. The lowest BCUT2D eigenvalue weighted by molar-refractivity contribution is -0.0731. The van der Waals surface area contributed by atoms with Gasteiger partial charge in [-0.2, -0.15) is 4.31 Å². The van der Waals surface area contributed by atoms with Crippen LogP contribution >= 0.6 is 11.3 Å². The molecule has 0 spiro atoms. The number of hydrogen-bond donors (Lipinski definition) is 2. The Balaban J connectivity index is 1.43. The molecule has 0 aliphatic heterocycles. The van der Waals surface area contributed by atoms with Crippen LogP contribution in [0.15, 0.2) is 81.9 Å². The van der Waals surface area contributed by atoms with Gasteiger partial charge in [-0.15, -0.1) is 11.3 Å². The first kappa shape index (κ1) is 35.2. The van der Waals surface area contributed by atoms with Crippen LogP contribution in [-0.4, -0.2) is 47.0 Å². The zero-order chi connectivity index (χ0) is 33.9. The van der Waals surface area contributed by atoms with Gasteiger partial charge in [-0.1, -0.05) is 86.4 Å². The number of nitrogens with zero attached hydrogens (tertiary/aromatic N) is 1. The minimum Gasteiger partial charge on any atom is -0.393 e. The van der Waals surface area contributed by atoms with E-state index in [0.717, 1.165) is 67.2 Å². The predicted molar refractivity (Wildman–Crippen MR) is 193 cm³/mol. The van der Waals surface area contributed by atoms with E-state index in [-0.39, 0.29) is 34.9 Å². The molecule has 0 amide bonds. The molecule has 4 aliphatic rings. The van der Waals surface area contributed by atoms with Crippen molar-refractivity contribution in [2.24, 2.45) is 11.3 Å². The zero-order valence-electron chi connectivity index (χ0n) is 28.4. The summed E-state index contributed by atoms with van der Waals surface area (Å²) in [4.78, 5) is 14.3. The molecule has 48 heavy (non-hydrogen) atoms. The second-order valence-electron chi connectivity index (χ2n) is 14.8. The van der Waals surface area contributed by atoms with Gasteiger partial charge in [0.25, 0.3) is 10.0 Å². The molecule has 2 N–H and O–H groups in total. The summed E-state index contributed by atoms with van der Waals surface area (Å²) < 4.78 is 30.2. The Morgan fingerprint density at radius 3 is 2.48 bits per heavy atom. The highest BCUT2D eigenvalue weighted by molar-refractivity contribution is 7.91. The quantitative estimate of drug-likeness (QED) is 0.183. The molecule has 3 aromatic rings. The number of sulfonamides is 1. The van der Waals surface area contributed by atoms with E-state index in [4.69, 9.17) is 0 Å². The molecule has 1 heterocycles. The zero-order valence-corrected chi connectivity index (χ0v) is 30.1. The Bertz CT molecular complexity index is 1700. The Morgan fingerprint density at radius 1 is 0.979 bits per heavy atom. The molecule has 2 fully saturated rings. The number of carbonyl (C=O) groups excluding carboxylic acids is 1. The van der Waals surface area contributed by atoms with Crippen LogP contribution < -0.4 is 0 Å². The molecule has 4 aliphatic carbocycles. The monoisotopic (exact) mass is 689 g/mol. The number of ketones is 1. The number of hydrogen-bond acceptors (Lipinski definition) is 6. The van der Waals surface area contributed by atoms with Crippen molar-refractivity contribution in [3.8, 4) is 0 Å². The number of benzene rings is 2. The van der Waals surface area contributed by atoms with Gasteiger partial charge in [0.05, 0.1) is 11.7 Å². The lowest BCUT2D eigenvalue weighted by atomic mass is 9.64. The maximum absolute atomic E-state index is 14.3. The summed E-state index contributed by atoms with van der Waals surface area (Å²) in [5.41, 5.74) is 2.70. The summed E-state index contributed by atoms with van der Waals surface area (Å²) in [6.07, 6.45) is 11.2. The van der Waals surface area contributed by atoms with Crippen LogP contribution in [0, 0.1) is 11.3 Å². The molecule has 8 heteroatoms. The van der Waals surface area contributed by atoms with Gasteiger partial charge in [0.2, 0.25) is 0 Å². The van der Waals surface area contributed by atoms with Gasteiger partial charge < -0.3 is 10.2 Å². The van der Waals surface area contributed by atoms with Crippen molar-refractivity contribution < 1.29 is 23.4 Å². The SMILES string of the molecule is CC1=CCCC2(C)C(CCC2(O)CN(Cc2ccccc2)S(=O)(=O)c2cccs2)c2ccc(cc2C(=O)C2CCCCC2)CC(O)CC1. The normalized spacial score (nSPS) is 27.4. The minimum absolute atomic E-state index is 0.00835. The largest absolute Gasteiger partial charge is 0.393 e. The van der Waals surface area contributed by atoms with Gasteiger partial charge in [-0.25, -0.2) is 8.42 Å². The van der Waals surface area contributed by atoms with Crippen LogP contribution in [0.1, 0.15) is 117 Å². The molecule has 0 saturated heterocycles. The second-order valence-corrected chi connectivity index (χ2v) is 18.0. The molecule has 258 valence electrons. The standard InChI is InChI=1S/C40H51NO5S2/c1-29-11-9-22-39(2)36(34-20-18-31(25-33(42)19-17-29)26-35(34)38(43)32-14-7-4-8-15-32)21-23-40(39,44)28-41(27-30-12-5-3-6-13-30)48(45,46)37-16-10-24-47-37/h3,5-6,10-13,16,18,20,24,26,32-33,36,42,44H,4,7-9,14-15,17,19,21-23,25,27-28H2,1-2H3. The minimum atomic E-state index is -3.89. The summed E-state index contributed by atoms with van der Waals surface area (Å²) in [5.74, 6) is 0.0438. The third-order valence-corrected chi connectivity index (χ3v) is 14.8. The molecule has 4 unspecified atom stereocenters. The number of Topliss-reactive ketones (excluding diaryl/α,β-unsaturated/α-hetero) is 1. The number of rotatable bonds is 8. The highest BCUT2D eigenvalue weighted by Gasteiger charge is 2.58. The number of fused-ring (bicyclic) bond motifs is 8. The molecule has 2 aromatic carbocycles. The summed E-state index contributed by atoms with van der Waals surface area (Å²) in [7, 11) is -3.89. The fourth-order valence-corrected chi connectivity index (χ4v) is 11.3. The van der Waals surface area contributed by atoms with Gasteiger partial charge >= 0.3 is 0 Å². The summed E-state index contributed by atoms with van der Waals surface area (Å²) in [6.45, 7) is 4.35. The van der Waals surface area contributed by atoms with Gasteiger partial charge in [-0.3, -0.25) is 4.79 Å². The van der Waals surface area contributed by atoms with Crippen molar-refractivity contribution in [1.82, 2.24) is 4.31 Å². The van der Waals surface area contributed by atoms with E-state index in [1.165, 1.54) is 21.2 Å². The van der Waals surface area contributed by atoms with E-state index >= 15 is 0 Å². The number of aliphatic hydroxyl groups excluding tert-OH is 1. The number of carbonyl (C=O) groups is 1. The van der Waals surface area contributed by atoms with Gasteiger partial charge in [-0.05, 0) is 105 Å². The first-order chi connectivity index (χ1) is 23.0. The van der Waals surface area contributed by atoms with Crippen LogP contribution in [0.25, 0.3) is 0 Å². The van der Waals surface area contributed by atoms with E-state index in [1.807, 2.05) is 36.4 Å². The topological polar surface area (TPSA) is 94.9 Å². The molecule has 2 bridgehead atoms. The number of aliphatic hydroxyl groups is 2. The highest BCUT2D eigenvalue weighted by atomic mass is 32.2. The highest BCUT2D eigenvalue weighted by Crippen LogP contribution is 2.59. The number of thiophene rings is 1. The molecule has 2 saturated carbocycles. The van der Waals surface area contributed by atoms with E-state index in [2.05, 4.69) is 32.1 Å². The summed E-state index contributed by atoms with van der Waals surface area (Å²) in [5, 5.41) is 25.7.